The molecular weight excluding hydrogens is 724 g/mol. The maximum Gasteiger partial charge on any atom is 0.163 e. The highest BCUT2D eigenvalue weighted by molar-refractivity contribution is 7.17. The Labute approximate surface area is 334 Å². The Morgan fingerprint density at radius 1 is 0.545 bits per heavy atom. The molecule has 0 N–H and O–H groups in total. The van der Waals surface area contributed by atoms with Crippen LogP contribution < -0.4 is 28.7 Å². The number of rotatable bonds is 6. The number of fused-ring (bicyclic) bond motifs is 3. The van der Waals surface area contributed by atoms with E-state index in [4.69, 9.17) is 30.5 Å². The largest absolute Gasteiger partial charge is 0.486 e. The molecule has 6 aromatic rings. The number of hydrogen-bond acceptors (Lipinski definition) is 7. The number of anilines is 6. The summed E-state index contributed by atoms with van der Waals surface area (Å²) in [5.41, 5.74) is 11.7. The maximum atomic E-state index is 7.90. The fourth-order valence-electron chi connectivity index (χ4n) is 7.59. The Morgan fingerprint density at radius 3 is 1.58 bits per heavy atom. The van der Waals surface area contributed by atoms with Gasteiger partial charge < -0.3 is 28.7 Å². The number of ether oxygens (including phenoxy) is 4. The Kier molecular flexibility index (Phi) is 9.46. The number of hydrogen-bond donors (Lipinski definition) is 0. The van der Waals surface area contributed by atoms with Crippen LogP contribution in [0, 0.1) is 20.8 Å². The zero-order chi connectivity index (χ0) is 38.8. The molecule has 8 heteroatoms. The van der Waals surface area contributed by atoms with Crippen LogP contribution in [0.15, 0.2) is 84.2 Å². The summed E-state index contributed by atoms with van der Waals surface area (Å²) >= 11 is 9.66. The molecule has 0 unspecified atom stereocenters. The van der Waals surface area contributed by atoms with Crippen molar-refractivity contribution in [2.75, 3.05) is 36.2 Å². The van der Waals surface area contributed by atoms with Gasteiger partial charge in [0.25, 0.3) is 0 Å². The van der Waals surface area contributed by atoms with E-state index in [2.05, 4.69) is 132 Å². The molecule has 6 nitrogen and oxygen atoms in total. The SMILES string of the molecule is Cc1cc(N(c2ccc3c(c2)OCCO3)c2ccc3c(c2)OCCO3)c(Cl)c(N(c2c(C)cc(C(C)(C)C)cc2C)c2csc3ccc(C(C)(C)C)cc23)c1. The third-order valence-corrected chi connectivity index (χ3v) is 11.8. The van der Waals surface area contributed by atoms with Crippen molar-refractivity contribution in [3.8, 4) is 23.0 Å². The highest BCUT2D eigenvalue weighted by Crippen LogP contribution is 2.53. The molecule has 0 saturated carbocycles. The lowest BCUT2D eigenvalue weighted by atomic mass is 9.84. The number of halogens is 1. The van der Waals surface area contributed by atoms with Gasteiger partial charge in [-0.05, 0) is 108 Å². The summed E-state index contributed by atoms with van der Waals surface area (Å²) in [5, 5.41) is 4.09. The zero-order valence-corrected chi connectivity index (χ0v) is 34.8. The van der Waals surface area contributed by atoms with Crippen LogP contribution >= 0.6 is 22.9 Å². The van der Waals surface area contributed by atoms with Gasteiger partial charge in [0.15, 0.2) is 23.0 Å². The van der Waals surface area contributed by atoms with Crippen molar-refractivity contribution >= 4 is 67.1 Å². The van der Waals surface area contributed by atoms with E-state index in [0.717, 1.165) is 51.2 Å². The second-order valence-electron chi connectivity index (χ2n) is 16.7. The molecule has 0 atom stereocenters. The van der Waals surface area contributed by atoms with Crippen molar-refractivity contribution in [2.45, 2.75) is 73.1 Å². The molecule has 0 saturated heterocycles. The summed E-state index contributed by atoms with van der Waals surface area (Å²) in [7, 11) is 0. The lowest BCUT2D eigenvalue weighted by Crippen LogP contribution is -2.19. The highest BCUT2D eigenvalue weighted by atomic mass is 35.5. The average Bonchev–Trinajstić information content (AvgIpc) is 3.57. The van der Waals surface area contributed by atoms with Crippen LogP contribution in [0.5, 0.6) is 23.0 Å². The molecule has 0 aliphatic carbocycles. The first-order chi connectivity index (χ1) is 26.2. The fourth-order valence-corrected chi connectivity index (χ4v) is 8.78. The van der Waals surface area contributed by atoms with Gasteiger partial charge in [-0.25, -0.2) is 0 Å². The second-order valence-corrected chi connectivity index (χ2v) is 18.0. The van der Waals surface area contributed by atoms with E-state index in [9.17, 15) is 0 Å². The van der Waals surface area contributed by atoms with Gasteiger partial charge in [0.1, 0.15) is 26.4 Å². The first kappa shape index (κ1) is 37.1. The summed E-state index contributed by atoms with van der Waals surface area (Å²) in [6.45, 7) is 22.2. The Bertz CT molecular complexity index is 2360. The van der Waals surface area contributed by atoms with E-state index in [1.165, 1.54) is 32.3 Å². The van der Waals surface area contributed by atoms with Crippen molar-refractivity contribution in [3.05, 3.63) is 117 Å². The molecule has 2 aliphatic rings. The number of aryl methyl sites for hydroxylation is 3. The van der Waals surface area contributed by atoms with Gasteiger partial charge >= 0.3 is 0 Å². The molecule has 1 aromatic heterocycles. The predicted molar refractivity (Wildman–Crippen MR) is 230 cm³/mol. The minimum absolute atomic E-state index is 0.00250. The Morgan fingerprint density at radius 2 is 1.05 bits per heavy atom. The molecule has 0 bridgehead atoms. The lowest BCUT2D eigenvalue weighted by Gasteiger charge is -2.34. The van der Waals surface area contributed by atoms with E-state index in [1.807, 2.05) is 24.3 Å². The van der Waals surface area contributed by atoms with Crippen LogP contribution in [0.3, 0.4) is 0 Å². The van der Waals surface area contributed by atoms with Crippen molar-refractivity contribution in [3.63, 3.8) is 0 Å². The van der Waals surface area contributed by atoms with Gasteiger partial charge in [-0.15, -0.1) is 11.3 Å². The van der Waals surface area contributed by atoms with E-state index in [-0.39, 0.29) is 10.8 Å². The maximum absolute atomic E-state index is 7.90. The molecule has 5 aromatic carbocycles. The van der Waals surface area contributed by atoms with Gasteiger partial charge in [-0.1, -0.05) is 71.3 Å². The van der Waals surface area contributed by atoms with Crippen molar-refractivity contribution in [2.24, 2.45) is 0 Å². The Balaban J connectivity index is 1.40. The van der Waals surface area contributed by atoms with Gasteiger partial charge in [-0.2, -0.15) is 0 Å². The normalized spacial score (nSPS) is 13.9. The summed E-state index contributed by atoms with van der Waals surface area (Å²) in [6.07, 6.45) is 0. The first-order valence-electron chi connectivity index (χ1n) is 19.0. The summed E-state index contributed by atoms with van der Waals surface area (Å²) in [6, 6.07) is 28.1. The van der Waals surface area contributed by atoms with Crippen LogP contribution in [0.1, 0.15) is 69.4 Å². The van der Waals surface area contributed by atoms with Crippen LogP contribution in [0.25, 0.3) is 10.1 Å². The van der Waals surface area contributed by atoms with E-state index < -0.39 is 0 Å². The molecule has 0 radical (unpaired) electrons. The third-order valence-electron chi connectivity index (χ3n) is 10.5. The standard InChI is InChI=1S/C47H49ClN2O4S/c1-28-20-36(49(33-11-13-39-41(25-33)53-18-16-51-39)34-12-14-40-42(26-34)54-19-17-52-40)44(48)37(21-28)50(45-29(2)22-32(23-30(45)3)47(7,8)9)38-27-55-43-15-10-31(24-35(38)43)46(4,5)6/h10-15,20-27H,16-19H2,1-9H3. The third kappa shape index (κ3) is 6.98. The fraction of sp³-hybridized carbons (Fsp3) is 0.319. The molecule has 8 rings (SSSR count). The summed E-state index contributed by atoms with van der Waals surface area (Å²) in [5.74, 6) is 2.84. The van der Waals surface area contributed by atoms with Crippen LogP contribution in [0.4, 0.5) is 34.1 Å². The van der Waals surface area contributed by atoms with Gasteiger partial charge in [-0.3, -0.25) is 0 Å². The molecule has 0 amide bonds. The second kappa shape index (κ2) is 14.0. The lowest BCUT2D eigenvalue weighted by molar-refractivity contribution is 0.171. The van der Waals surface area contributed by atoms with E-state index in [1.54, 1.807) is 11.3 Å². The smallest absolute Gasteiger partial charge is 0.163 e. The number of thiophene rings is 1. The predicted octanol–water partition coefficient (Wildman–Crippen LogP) is 13.6. The summed E-state index contributed by atoms with van der Waals surface area (Å²) < 4.78 is 25.3. The minimum atomic E-state index is -0.0136. The Hall–Kier alpha value is -4.85. The van der Waals surface area contributed by atoms with E-state index in [0.29, 0.717) is 42.9 Å². The van der Waals surface area contributed by atoms with Crippen LogP contribution in [-0.2, 0) is 10.8 Å². The zero-order valence-electron chi connectivity index (χ0n) is 33.2. The average molecular weight is 773 g/mol. The number of benzene rings is 5. The molecule has 284 valence electrons. The van der Waals surface area contributed by atoms with Crippen LogP contribution in [0.2, 0.25) is 5.02 Å². The van der Waals surface area contributed by atoms with E-state index >= 15 is 0 Å². The van der Waals surface area contributed by atoms with Crippen molar-refractivity contribution < 1.29 is 18.9 Å². The molecule has 2 aliphatic heterocycles. The van der Waals surface area contributed by atoms with Crippen molar-refractivity contribution in [1.82, 2.24) is 0 Å². The molecule has 55 heavy (non-hydrogen) atoms. The van der Waals surface area contributed by atoms with Crippen LogP contribution in [-0.4, -0.2) is 26.4 Å². The van der Waals surface area contributed by atoms with Gasteiger partial charge in [0, 0.05) is 27.6 Å². The first-order valence-corrected chi connectivity index (χ1v) is 20.3. The van der Waals surface area contributed by atoms with Gasteiger partial charge in [0.05, 0.1) is 39.1 Å². The topological polar surface area (TPSA) is 43.4 Å². The molecular formula is C47H49ClN2O4S. The monoisotopic (exact) mass is 772 g/mol. The summed E-state index contributed by atoms with van der Waals surface area (Å²) in [4.78, 5) is 4.58. The molecule has 3 heterocycles. The van der Waals surface area contributed by atoms with Crippen molar-refractivity contribution in [1.29, 1.82) is 0 Å². The quantitative estimate of drug-likeness (QED) is 0.168. The molecule has 0 fully saturated rings. The number of nitrogens with zero attached hydrogens (tertiary/aromatic N) is 2. The van der Waals surface area contributed by atoms with Gasteiger partial charge in [0.2, 0.25) is 0 Å². The molecule has 0 spiro atoms. The minimum Gasteiger partial charge on any atom is -0.486 e. The highest BCUT2D eigenvalue weighted by Gasteiger charge is 2.29.